The van der Waals surface area contributed by atoms with Gasteiger partial charge in [0.1, 0.15) is 16.2 Å². The minimum absolute atomic E-state index is 0.101. The number of fused-ring (bicyclic) bond motifs is 1. The third-order valence-electron chi connectivity index (χ3n) is 6.76. The van der Waals surface area contributed by atoms with E-state index < -0.39 is 5.54 Å². The summed E-state index contributed by atoms with van der Waals surface area (Å²) in [5.74, 6) is -0.101. The highest BCUT2D eigenvalue weighted by molar-refractivity contribution is 7.15. The predicted octanol–water partition coefficient (Wildman–Crippen LogP) is 4.96. The number of nitrogens with zero attached hydrogens (tertiary/aromatic N) is 3. The van der Waals surface area contributed by atoms with Crippen molar-refractivity contribution in [2.24, 2.45) is 0 Å². The lowest BCUT2D eigenvalue weighted by Gasteiger charge is -2.39. The number of halogens is 1. The first-order valence-electron chi connectivity index (χ1n) is 11.8. The van der Waals surface area contributed by atoms with Gasteiger partial charge in [0.05, 0.1) is 23.1 Å². The molecule has 0 unspecified atom stereocenters. The number of likely N-dealkylation sites (tertiary alicyclic amines) is 1. The number of amides is 1. The van der Waals surface area contributed by atoms with Crippen molar-refractivity contribution in [2.45, 2.75) is 31.8 Å². The molecule has 0 aliphatic carbocycles. The van der Waals surface area contributed by atoms with Gasteiger partial charge in [0.15, 0.2) is 0 Å². The molecule has 5 heterocycles. The van der Waals surface area contributed by atoms with Crippen LogP contribution in [-0.4, -0.2) is 52.1 Å². The normalized spacial score (nSPS) is 17.5. The average molecular weight is 508 g/mol. The fourth-order valence-electron chi connectivity index (χ4n) is 4.95. The topological polar surface area (TPSA) is 83.1 Å². The number of benzene rings is 1. The van der Waals surface area contributed by atoms with Crippen molar-refractivity contribution >= 4 is 39.9 Å². The SMILES string of the molecule is CC(=O)NC1(c2ncc(-c3c(Cl)cnc4[nH]c(-c5ccc(CN6CCCC6)cc5)cc34)s2)COC1. The second-order valence-corrected chi connectivity index (χ2v) is 10.8. The van der Waals surface area contributed by atoms with E-state index in [1.54, 1.807) is 6.20 Å². The van der Waals surface area contributed by atoms with Gasteiger partial charge in [0.2, 0.25) is 5.91 Å². The van der Waals surface area contributed by atoms with Gasteiger partial charge >= 0.3 is 0 Å². The van der Waals surface area contributed by atoms with Gasteiger partial charge in [-0.25, -0.2) is 9.97 Å². The van der Waals surface area contributed by atoms with Gasteiger partial charge in [-0.15, -0.1) is 11.3 Å². The Hall–Kier alpha value is -2.78. The molecule has 4 aromatic rings. The summed E-state index contributed by atoms with van der Waals surface area (Å²) in [5.41, 5.74) is 4.55. The molecule has 2 fully saturated rings. The number of carbonyl (C=O) groups excluding carboxylic acids is 1. The lowest BCUT2D eigenvalue weighted by atomic mass is 9.98. The lowest BCUT2D eigenvalue weighted by molar-refractivity contribution is -0.131. The molecule has 2 aliphatic rings. The minimum Gasteiger partial charge on any atom is -0.375 e. The fourth-order valence-corrected chi connectivity index (χ4v) is 6.36. The predicted molar refractivity (Wildman–Crippen MR) is 138 cm³/mol. The summed E-state index contributed by atoms with van der Waals surface area (Å²) in [5, 5.41) is 5.34. The van der Waals surface area contributed by atoms with Crippen LogP contribution in [0, 0.1) is 0 Å². The van der Waals surface area contributed by atoms with E-state index in [0.717, 1.165) is 44.3 Å². The van der Waals surface area contributed by atoms with Crippen molar-refractivity contribution in [1.82, 2.24) is 25.2 Å². The highest BCUT2D eigenvalue weighted by Crippen LogP contribution is 2.42. The third kappa shape index (κ3) is 4.25. The van der Waals surface area contributed by atoms with Gasteiger partial charge in [-0.3, -0.25) is 9.69 Å². The van der Waals surface area contributed by atoms with E-state index in [4.69, 9.17) is 16.3 Å². The van der Waals surface area contributed by atoms with Crippen LogP contribution in [-0.2, 0) is 21.6 Å². The van der Waals surface area contributed by atoms with Crippen molar-refractivity contribution in [3.63, 3.8) is 0 Å². The van der Waals surface area contributed by atoms with E-state index in [9.17, 15) is 4.79 Å². The summed E-state index contributed by atoms with van der Waals surface area (Å²) in [4.78, 5) is 27.8. The van der Waals surface area contributed by atoms with Crippen molar-refractivity contribution in [2.75, 3.05) is 26.3 Å². The fraction of sp³-hybridized carbons (Fsp3) is 0.346. The van der Waals surface area contributed by atoms with Gasteiger partial charge in [0.25, 0.3) is 0 Å². The van der Waals surface area contributed by atoms with Gasteiger partial charge in [0, 0.05) is 42.5 Å². The van der Waals surface area contributed by atoms with Gasteiger partial charge in [-0.1, -0.05) is 35.9 Å². The Morgan fingerprint density at radius 3 is 2.66 bits per heavy atom. The number of aromatic amines is 1. The summed E-state index contributed by atoms with van der Waals surface area (Å²) in [6.45, 7) is 5.74. The smallest absolute Gasteiger partial charge is 0.217 e. The van der Waals surface area contributed by atoms with E-state index in [2.05, 4.69) is 55.5 Å². The molecule has 0 spiro atoms. The number of pyridine rings is 1. The molecule has 1 aromatic carbocycles. The molecule has 0 atom stereocenters. The first-order valence-corrected chi connectivity index (χ1v) is 13.0. The summed E-state index contributed by atoms with van der Waals surface area (Å²) in [6, 6.07) is 10.8. The molecule has 0 radical (unpaired) electrons. The number of nitrogens with one attached hydrogen (secondary N) is 2. The summed E-state index contributed by atoms with van der Waals surface area (Å²) in [7, 11) is 0. The highest BCUT2D eigenvalue weighted by atomic mass is 35.5. The molecule has 180 valence electrons. The molecule has 0 saturated carbocycles. The molecule has 1 amide bonds. The highest BCUT2D eigenvalue weighted by Gasteiger charge is 2.44. The quantitative estimate of drug-likeness (QED) is 0.385. The number of thiazole rings is 1. The van der Waals surface area contributed by atoms with Crippen molar-refractivity contribution in [1.29, 1.82) is 0 Å². The molecule has 35 heavy (non-hydrogen) atoms. The van der Waals surface area contributed by atoms with E-state index in [1.807, 2.05) is 6.20 Å². The maximum Gasteiger partial charge on any atom is 0.217 e. The minimum atomic E-state index is -0.562. The molecule has 9 heteroatoms. The van der Waals surface area contributed by atoms with Gasteiger partial charge < -0.3 is 15.0 Å². The molecule has 2 aliphatic heterocycles. The van der Waals surface area contributed by atoms with E-state index in [-0.39, 0.29) is 5.91 Å². The van der Waals surface area contributed by atoms with E-state index in [1.165, 1.54) is 49.8 Å². The van der Waals surface area contributed by atoms with Crippen molar-refractivity contribution in [3.05, 3.63) is 58.3 Å². The number of carbonyl (C=O) groups is 1. The van der Waals surface area contributed by atoms with Crippen molar-refractivity contribution < 1.29 is 9.53 Å². The van der Waals surface area contributed by atoms with Crippen LogP contribution in [0.3, 0.4) is 0 Å². The second-order valence-electron chi connectivity index (χ2n) is 9.39. The van der Waals surface area contributed by atoms with Crippen LogP contribution >= 0.6 is 22.9 Å². The zero-order chi connectivity index (χ0) is 24.0. The summed E-state index contributed by atoms with van der Waals surface area (Å²) in [6.07, 6.45) is 6.10. The molecule has 6 rings (SSSR count). The lowest BCUT2D eigenvalue weighted by Crippen LogP contribution is -2.58. The summed E-state index contributed by atoms with van der Waals surface area (Å²) < 4.78 is 5.41. The number of hydrogen-bond donors (Lipinski definition) is 2. The van der Waals surface area contributed by atoms with Crippen LogP contribution in [0.1, 0.15) is 30.3 Å². The number of rotatable bonds is 6. The number of ether oxygens (including phenoxy) is 1. The molecular formula is C26H26ClN5O2S. The standard InChI is InChI=1S/C26H26ClN5O2S/c1-16(33)31-26(14-34-15-26)25-29-12-22(35-25)23-19-10-21(30-24(19)28-11-20(23)27)18-6-4-17(5-7-18)13-32-8-2-3-9-32/h4-7,10-12H,2-3,8-9,13-15H2,1H3,(H,28,30)(H,31,33). The first-order chi connectivity index (χ1) is 17.0. The second kappa shape index (κ2) is 9.02. The molecule has 3 aromatic heterocycles. The van der Waals surface area contributed by atoms with Crippen LogP contribution in [0.25, 0.3) is 32.7 Å². The zero-order valence-electron chi connectivity index (χ0n) is 19.4. The Balaban J connectivity index is 1.32. The van der Waals surface area contributed by atoms with Crippen LogP contribution in [0.2, 0.25) is 5.02 Å². The number of H-pyrrole nitrogens is 1. The number of hydrogen-bond acceptors (Lipinski definition) is 6. The average Bonchev–Trinajstić information content (AvgIpc) is 3.58. The molecule has 2 N–H and O–H groups in total. The van der Waals surface area contributed by atoms with Crippen LogP contribution in [0.5, 0.6) is 0 Å². The molecular weight excluding hydrogens is 482 g/mol. The van der Waals surface area contributed by atoms with E-state index in [0.29, 0.717) is 18.2 Å². The third-order valence-corrected chi connectivity index (χ3v) is 8.26. The van der Waals surface area contributed by atoms with Crippen LogP contribution in [0.4, 0.5) is 0 Å². The number of aromatic nitrogens is 3. The van der Waals surface area contributed by atoms with Gasteiger partial charge in [-0.05, 0) is 43.1 Å². The van der Waals surface area contributed by atoms with Gasteiger partial charge in [-0.2, -0.15) is 0 Å². The Morgan fingerprint density at radius 2 is 1.97 bits per heavy atom. The summed E-state index contributed by atoms with van der Waals surface area (Å²) >= 11 is 8.18. The Labute approximate surface area is 212 Å². The molecule has 7 nitrogen and oxygen atoms in total. The Bertz CT molecular complexity index is 1390. The first kappa shape index (κ1) is 22.7. The Kier molecular flexibility index (Phi) is 5.84. The monoisotopic (exact) mass is 507 g/mol. The van der Waals surface area contributed by atoms with Crippen LogP contribution in [0.15, 0.2) is 42.7 Å². The Morgan fingerprint density at radius 1 is 1.20 bits per heavy atom. The van der Waals surface area contributed by atoms with Crippen LogP contribution < -0.4 is 5.32 Å². The largest absolute Gasteiger partial charge is 0.375 e. The molecule has 0 bridgehead atoms. The maximum absolute atomic E-state index is 11.8. The maximum atomic E-state index is 11.8. The van der Waals surface area contributed by atoms with Crippen molar-refractivity contribution in [3.8, 4) is 21.7 Å². The van der Waals surface area contributed by atoms with E-state index >= 15 is 0 Å². The zero-order valence-corrected chi connectivity index (χ0v) is 21.0. The molecule has 2 saturated heterocycles.